The minimum Gasteiger partial charge on any atom is -0.475 e. The standard InChI is InChI=1S/C20H27N3O3S.C2HF3O2/c1-4-15(5-2)25-19-9-14(8-16(21)20(19)22-12(3)24)17-10-18(26-23-17)13-6-7-27-11-13;3-2(4,5)1(6)7/h6-7,9-11,15-16,19-20H,4-5,8,21H2,1-3H3,(H,22,24);(H,6,7)/t16-,19+,20+;/m0./s1. The predicted octanol–water partition coefficient (Wildman–Crippen LogP) is 4.23. The van der Waals surface area contributed by atoms with Gasteiger partial charge in [-0.15, -0.1) is 0 Å². The lowest BCUT2D eigenvalue weighted by Gasteiger charge is -2.36. The lowest BCUT2D eigenvalue weighted by Crippen LogP contribution is -2.56. The summed E-state index contributed by atoms with van der Waals surface area (Å²) in [4.78, 5) is 20.5. The van der Waals surface area contributed by atoms with Gasteiger partial charge < -0.3 is 25.4 Å². The van der Waals surface area contributed by atoms with Crippen LogP contribution in [0.2, 0.25) is 0 Å². The second-order valence-electron chi connectivity index (χ2n) is 7.72. The first-order chi connectivity index (χ1) is 16.0. The van der Waals surface area contributed by atoms with Crippen LogP contribution in [0.25, 0.3) is 16.9 Å². The summed E-state index contributed by atoms with van der Waals surface area (Å²) >= 11 is 1.62. The Labute approximate surface area is 198 Å². The largest absolute Gasteiger partial charge is 0.490 e. The molecule has 0 radical (unpaired) electrons. The monoisotopic (exact) mass is 503 g/mol. The number of carboxylic acid groups (broad SMARTS) is 1. The number of hydrogen-bond donors (Lipinski definition) is 3. The van der Waals surface area contributed by atoms with Crippen LogP contribution in [0, 0.1) is 0 Å². The molecule has 0 unspecified atom stereocenters. The summed E-state index contributed by atoms with van der Waals surface area (Å²) in [6, 6.07) is 3.43. The van der Waals surface area contributed by atoms with E-state index in [0.29, 0.717) is 6.42 Å². The van der Waals surface area contributed by atoms with Crippen molar-refractivity contribution in [2.24, 2.45) is 5.73 Å². The molecular formula is C22H28F3N3O5S. The van der Waals surface area contributed by atoms with Crippen LogP contribution in [-0.4, -0.2) is 52.6 Å². The smallest absolute Gasteiger partial charge is 0.475 e. The van der Waals surface area contributed by atoms with Crippen molar-refractivity contribution in [3.05, 3.63) is 34.7 Å². The Bertz CT molecular complexity index is 971. The van der Waals surface area contributed by atoms with E-state index < -0.39 is 12.1 Å². The molecule has 34 heavy (non-hydrogen) atoms. The van der Waals surface area contributed by atoms with E-state index in [1.165, 1.54) is 6.92 Å². The highest BCUT2D eigenvalue weighted by Gasteiger charge is 2.38. The van der Waals surface area contributed by atoms with E-state index >= 15 is 0 Å². The van der Waals surface area contributed by atoms with Crippen LogP contribution in [0.5, 0.6) is 0 Å². The second-order valence-corrected chi connectivity index (χ2v) is 8.50. The molecule has 8 nitrogen and oxygen atoms in total. The van der Waals surface area contributed by atoms with Gasteiger partial charge in [0.2, 0.25) is 5.91 Å². The van der Waals surface area contributed by atoms with Gasteiger partial charge in [-0.25, -0.2) is 4.79 Å². The molecule has 3 atom stereocenters. The molecule has 2 aromatic rings. The zero-order chi connectivity index (χ0) is 25.5. The number of carbonyl (C=O) groups is 2. The number of alkyl halides is 3. The first-order valence-electron chi connectivity index (χ1n) is 10.6. The molecule has 2 aromatic heterocycles. The Hall–Kier alpha value is -2.70. The number of carbonyl (C=O) groups excluding carboxylic acids is 1. The Morgan fingerprint density at radius 3 is 2.53 bits per heavy atom. The summed E-state index contributed by atoms with van der Waals surface area (Å²) in [5.74, 6) is -2.12. The highest BCUT2D eigenvalue weighted by atomic mass is 32.1. The SMILES string of the molecule is CCC(CC)O[C@@H]1C=C(c2cc(-c3ccsc3)on2)C[C@H](N)[C@H]1NC(C)=O.O=C(O)C(F)(F)F. The first-order valence-corrected chi connectivity index (χ1v) is 11.6. The summed E-state index contributed by atoms with van der Waals surface area (Å²) in [5.41, 5.74) is 9.19. The number of ether oxygens (including phenoxy) is 1. The molecule has 1 aliphatic rings. The first kappa shape index (κ1) is 27.5. The molecule has 0 bridgehead atoms. The summed E-state index contributed by atoms with van der Waals surface area (Å²) in [5, 5.41) is 18.3. The summed E-state index contributed by atoms with van der Waals surface area (Å²) in [7, 11) is 0. The average Bonchev–Trinajstić information content (AvgIpc) is 3.45. The van der Waals surface area contributed by atoms with Gasteiger partial charge in [0.25, 0.3) is 0 Å². The van der Waals surface area contributed by atoms with Crippen molar-refractivity contribution < 1.29 is 37.1 Å². The number of halogens is 3. The number of nitrogens with two attached hydrogens (primary N) is 1. The molecule has 2 heterocycles. The van der Waals surface area contributed by atoms with Crippen molar-refractivity contribution in [2.45, 2.75) is 70.5 Å². The normalized spacial score (nSPS) is 20.4. The zero-order valence-corrected chi connectivity index (χ0v) is 19.8. The topological polar surface area (TPSA) is 128 Å². The number of carboxylic acids is 1. The fraction of sp³-hybridized carbons (Fsp3) is 0.500. The highest BCUT2D eigenvalue weighted by Crippen LogP contribution is 2.32. The Morgan fingerprint density at radius 1 is 1.38 bits per heavy atom. The molecule has 188 valence electrons. The van der Waals surface area contributed by atoms with Crippen molar-refractivity contribution in [1.29, 1.82) is 0 Å². The van der Waals surface area contributed by atoms with Crippen molar-refractivity contribution in [3.8, 4) is 11.3 Å². The van der Waals surface area contributed by atoms with Gasteiger partial charge in [0.1, 0.15) is 5.69 Å². The molecule has 0 saturated carbocycles. The van der Waals surface area contributed by atoms with E-state index in [2.05, 4.69) is 24.3 Å². The van der Waals surface area contributed by atoms with Crippen LogP contribution in [0.1, 0.15) is 45.7 Å². The quantitative estimate of drug-likeness (QED) is 0.516. The lowest BCUT2D eigenvalue weighted by molar-refractivity contribution is -0.192. The summed E-state index contributed by atoms with van der Waals surface area (Å²) in [6.07, 6.45) is -0.804. The molecule has 1 amide bonds. The van der Waals surface area contributed by atoms with Crippen LogP contribution in [-0.2, 0) is 14.3 Å². The van der Waals surface area contributed by atoms with E-state index in [1.807, 2.05) is 29.0 Å². The Morgan fingerprint density at radius 2 is 2.03 bits per heavy atom. The molecule has 4 N–H and O–H groups in total. The third kappa shape index (κ3) is 7.67. The Kier molecular flexibility index (Phi) is 9.83. The van der Waals surface area contributed by atoms with Gasteiger partial charge in [-0.1, -0.05) is 19.0 Å². The number of aromatic nitrogens is 1. The van der Waals surface area contributed by atoms with Gasteiger partial charge in [-0.05, 0) is 42.4 Å². The predicted molar refractivity (Wildman–Crippen MR) is 121 cm³/mol. The van der Waals surface area contributed by atoms with Gasteiger partial charge in [-0.2, -0.15) is 24.5 Å². The number of nitrogens with zero attached hydrogens (tertiary/aromatic N) is 1. The van der Waals surface area contributed by atoms with Crippen molar-refractivity contribution in [3.63, 3.8) is 0 Å². The minimum absolute atomic E-state index is 0.105. The number of thiophene rings is 1. The van der Waals surface area contributed by atoms with E-state index in [-0.39, 0.29) is 30.2 Å². The van der Waals surface area contributed by atoms with Crippen molar-refractivity contribution >= 4 is 28.8 Å². The van der Waals surface area contributed by atoms with Gasteiger partial charge in [0, 0.05) is 30.0 Å². The summed E-state index contributed by atoms with van der Waals surface area (Å²) in [6.45, 7) is 5.70. The molecule has 12 heteroatoms. The third-order valence-electron chi connectivity index (χ3n) is 5.15. The Balaban J connectivity index is 0.000000509. The van der Waals surface area contributed by atoms with Crippen LogP contribution >= 0.6 is 11.3 Å². The lowest BCUT2D eigenvalue weighted by atomic mass is 9.86. The van der Waals surface area contributed by atoms with E-state index in [0.717, 1.165) is 35.4 Å². The second kappa shape index (κ2) is 12.1. The van der Waals surface area contributed by atoms with Crippen molar-refractivity contribution in [1.82, 2.24) is 10.5 Å². The molecule has 1 aliphatic carbocycles. The van der Waals surface area contributed by atoms with Crippen LogP contribution < -0.4 is 11.1 Å². The maximum Gasteiger partial charge on any atom is 0.490 e. The zero-order valence-electron chi connectivity index (χ0n) is 19.0. The maximum atomic E-state index is 11.6. The minimum atomic E-state index is -5.08. The number of hydrogen-bond acceptors (Lipinski definition) is 7. The van der Waals surface area contributed by atoms with Gasteiger partial charge in [0.05, 0.1) is 18.2 Å². The van der Waals surface area contributed by atoms with Crippen LogP contribution in [0.4, 0.5) is 13.2 Å². The van der Waals surface area contributed by atoms with Gasteiger partial charge in [-0.3, -0.25) is 4.79 Å². The molecular weight excluding hydrogens is 475 g/mol. The molecule has 0 saturated heterocycles. The van der Waals surface area contributed by atoms with E-state index in [9.17, 15) is 18.0 Å². The van der Waals surface area contributed by atoms with Crippen molar-refractivity contribution in [2.75, 3.05) is 0 Å². The van der Waals surface area contributed by atoms with Gasteiger partial charge >= 0.3 is 12.1 Å². The third-order valence-corrected chi connectivity index (χ3v) is 5.84. The summed E-state index contributed by atoms with van der Waals surface area (Å²) < 4.78 is 43.5. The fourth-order valence-electron chi connectivity index (χ4n) is 3.40. The van der Waals surface area contributed by atoms with E-state index in [1.54, 1.807) is 11.3 Å². The van der Waals surface area contributed by atoms with Crippen LogP contribution in [0.15, 0.2) is 33.5 Å². The number of rotatable bonds is 7. The van der Waals surface area contributed by atoms with Crippen LogP contribution in [0.3, 0.4) is 0 Å². The molecule has 3 rings (SSSR count). The average molecular weight is 504 g/mol. The van der Waals surface area contributed by atoms with Gasteiger partial charge in [0.15, 0.2) is 5.76 Å². The maximum absolute atomic E-state index is 11.6. The molecule has 0 fully saturated rings. The fourth-order valence-corrected chi connectivity index (χ4v) is 4.05. The number of amides is 1. The molecule has 0 aliphatic heterocycles. The molecule has 0 aromatic carbocycles. The number of nitrogens with one attached hydrogen (secondary N) is 1. The highest BCUT2D eigenvalue weighted by molar-refractivity contribution is 7.08. The number of aliphatic carboxylic acids is 1. The van der Waals surface area contributed by atoms with E-state index in [4.69, 9.17) is 24.9 Å². The molecule has 0 spiro atoms.